The van der Waals surface area contributed by atoms with Gasteiger partial charge in [-0.05, 0) is 18.0 Å². The van der Waals surface area contributed by atoms with E-state index in [1.165, 1.54) is 0 Å². The lowest BCUT2D eigenvalue weighted by Gasteiger charge is -2.05. The molecule has 2 aromatic rings. The van der Waals surface area contributed by atoms with Crippen LogP contribution < -0.4 is 5.32 Å². The predicted octanol–water partition coefficient (Wildman–Crippen LogP) is 0.811. The van der Waals surface area contributed by atoms with E-state index in [2.05, 4.69) is 20.3 Å². The van der Waals surface area contributed by atoms with Gasteiger partial charge in [0.1, 0.15) is 0 Å². The minimum atomic E-state index is 0.136. The van der Waals surface area contributed by atoms with Crippen molar-refractivity contribution in [2.75, 3.05) is 18.5 Å². The van der Waals surface area contributed by atoms with Crippen LogP contribution in [0.4, 0.5) is 5.82 Å². The summed E-state index contributed by atoms with van der Waals surface area (Å²) in [6.45, 7) is 0.757. The van der Waals surface area contributed by atoms with Crippen LogP contribution in [0.5, 0.6) is 0 Å². The lowest BCUT2D eigenvalue weighted by Crippen LogP contribution is -2.06. The van der Waals surface area contributed by atoms with Crippen molar-refractivity contribution in [1.82, 2.24) is 19.5 Å². The van der Waals surface area contributed by atoms with Crippen molar-refractivity contribution in [3.05, 3.63) is 11.6 Å². The normalized spacial score (nSPS) is 10.9. The predicted molar refractivity (Wildman–Crippen MR) is 61.5 cm³/mol. The average molecular weight is 242 g/mol. The number of aryl methyl sites for hydroxylation is 1. The van der Waals surface area contributed by atoms with E-state index in [9.17, 15) is 0 Å². The summed E-state index contributed by atoms with van der Waals surface area (Å²) in [5.41, 5.74) is 1.37. The molecule has 0 saturated heterocycles. The Balaban J connectivity index is 2.35. The summed E-state index contributed by atoms with van der Waals surface area (Å²) in [6, 6.07) is 0. The molecule has 0 amide bonds. The van der Waals surface area contributed by atoms with E-state index in [1.807, 2.05) is 7.05 Å². The van der Waals surface area contributed by atoms with Gasteiger partial charge in [-0.2, -0.15) is 9.97 Å². The number of anilines is 1. The number of aliphatic hydroxyl groups is 1. The first-order valence-electron chi connectivity index (χ1n) is 4.91. The van der Waals surface area contributed by atoms with Gasteiger partial charge in [0.2, 0.25) is 5.28 Å². The molecule has 0 unspecified atom stereocenters. The first kappa shape index (κ1) is 11.1. The van der Waals surface area contributed by atoms with Crippen molar-refractivity contribution < 1.29 is 5.11 Å². The van der Waals surface area contributed by atoms with Gasteiger partial charge in [0, 0.05) is 20.2 Å². The zero-order valence-corrected chi connectivity index (χ0v) is 9.57. The molecule has 2 N–H and O–H groups in total. The molecule has 2 aromatic heterocycles. The fraction of sp³-hybridized carbons (Fsp3) is 0.444. The zero-order valence-electron chi connectivity index (χ0n) is 8.81. The standard InChI is InChI=1S/C9H12ClN5O/c1-15-5-12-6-7(11-3-2-4-16)13-9(10)14-8(6)15/h5,16H,2-4H2,1H3,(H,11,13,14). The first-order valence-corrected chi connectivity index (χ1v) is 5.29. The molecule has 7 heteroatoms. The van der Waals surface area contributed by atoms with Gasteiger partial charge in [-0.25, -0.2) is 4.98 Å². The highest BCUT2D eigenvalue weighted by Crippen LogP contribution is 2.19. The Labute approximate surface area is 97.3 Å². The molecule has 0 bridgehead atoms. The second-order valence-corrected chi connectivity index (χ2v) is 3.71. The maximum absolute atomic E-state index is 8.70. The number of hydrogen-bond acceptors (Lipinski definition) is 5. The molecule has 6 nitrogen and oxygen atoms in total. The molecule has 0 saturated carbocycles. The third-order valence-electron chi connectivity index (χ3n) is 2.16. The van der Waals surface area contributed by atoms with E-state index in [4.69, 9.17) is 16.7 Å². The van der Waals surface area contributed by atoms with Crippen LogP contribution >= 0.6 is 11.6 Å². The van der Waals surface area contributed by atoms with E-state index in [0.717, 1.165) is 0 Å². The molecule has 2 heterocycles. The molecule has 0 atom stereocenters. The van der Waals surface area contributed by atoms with Crippen LogP contribution in [0.15, 0.2) is 6.33 Å². The third kappa shape index (κ3) is 2.07. The minimum Gasteiger partial charge on any atom is -0.396 e. The third-order valence-corrected chi connectivity index (χ3v) is 2.33. The van der Waals surface area contributed by atoms with Crippen LogP contribution in [-0.2, 0) is 7.05 Å². The molecular formula is C9H12ClN5O. The SMILES string of the molecule is Cn1cnc2c(NCCCO)nc(Cl)nc21. The van der Waals surface area contributed by atoms with Gasteiger partial charge in [-0.15, -0.1) is 0 Å². The van der Waals surface area contributed by atoms with Gasteiger partial charge in [-0.1, -0.05) is 0 Å². The number of aromatic nitrogens is 4. The highest BCUT2D eigenvalue weighted by atomic mass is 35.5. The second kappa shape index (κ2) is 4.63. The first-order chi connectivity index (χ1) is 7.72. The smallest absolute Gasteiger partial charge is 0.226 e. The Bertz CT molecular complexity index is 498. The van der Waals surface area contributed by atoms with Crippen LogP contribution in [0.25, 0.3) is 11.2 Å². The molecule has 0 aliphatic rings. The number of fused-ring (bicyclic) bond motifs is 1. The van der Waals surface area contributed by atoms with Crippen LogP contribution in [0, 0.1) is 0 Å². The molecule has 0 aromatic carbocycles. The Morgan fingerprint density at radius 3 is 3.06 bits per heavy atom. The number of rotatable bonds is 4. The number of aliphatic hydroxyl groups excluding tert-OH is 1. The van der Waals surface area contributed by atoms with E-state index >= 15 is 0 Å². The van der Waals surface area contributed by atoms with E-state index in [0.29, 0.717) is 29.9 Å². The summed E-state index contributed by atoms with van der Waals surface area (Å²) >= 11 is 5.81. The molecular weight excluding hydrogens is 230 g/mol. The van der Waals surface area contributed by atoms with Gasteiger partial charge < -0.3 is 15.0 Å². The monoisotopic (exact) mass is 241 g/mol. The van der Waals surface area contributed by atoms with Crippen LogP contribution in [0.2, 0.25) is 5.28 Å². The lowest BCUT2D eigenvalue weighted by atomic mass is 10.4. The van der Waals surface area contributed by atoms with Crippen molar-refractivity contribution in [1.29, 1.82) is 0 Å². The summed E-state index contributed by atoms with van der Waals surface area (Å²) in [4.78, 5) is 12.4. The summed E-state index contributed by atoms with van der Waals surface area (Å²) in [6.07, 6.45) is 2.31. The van der Waals surface area contributed by atoms with Gasteiger partial charge in [0.15, 0.2) is 17.0 Å². The van der Waals surface area contributed by atoms with E-state index < -0.39 is 0 Å². The van der Waals surface area contributed by atoms with Gasteiger partial charge in [0.25, 0.3) is 0 Å². The van der Waals surface area contributed by atoms with Crippen molar-refractivity contribution in [3.63, 3.8) is 0 Å². The highest BCUT2D eigenvalue weighted by molar-refractivity contribution is 6.28. The summed E-state index contributed by atoms with van der Waals surface area (Å²) in [7, 11) is 1.84. The number of halogens is 1. The molecule has 0 aliphatic carbocycles. The Hall–Kier alpha value is -1.40. The Kier molecular flexibility index (Phi) is 3.21. The van der Waals surface area contributed by atoms with Gasteiger partial charge >= 0.3 is 0 Å². The molecule has 0 spiro atoms. The quantitative estimate of drug-likeness (QED) is 0.612. The summed E-state index contributed by atoms with van der Waals surface area (Å²) in [5, 5.41) is 12.0. The zero-order chi connectivity index (χ0) is 11.5. The number of nitrogens with zero attached hydrogens (tertiary/aromatic N) is 4. The van der Waals surface area contributed by atoms with E-state index in [1.54, 1.807) is 10.9 Å². The van der Waals surface area contributed by atoms with Crippen LogP contribution in [-0.4, -0.2) is 37.8 Å². The number of imidazole rings is 1. The van der Waals surface area contributed by atoms with Crippen LogP contribution in [0.3, 0.4) is 0 Å². The fourth-order valence-electron chi connectivity index (χ4n) is 1.39. The largest absolute Gasteiger partial charge is 0.396 e. The highest BCUT2D eigenvalue weighted by Gasteiger charge is 2.10. The van der Waals surface area contributed by atoms with Crippen molar-refractivity contribution >= 4 is 28.6 Å². The Morgan fingerprint density at radius 2 is 2.31 bits per heavy atom. The van der Waals surface area contributed by atoms with E-state index in [-0.39, 0.29) is 11.9 Å². The van der Waals surface area contributed by atoms with Crippen molar-refractivity contribution in [2.24, 2.45) is 7.05 Å². The fourth-order valence-corrected chi connectivity index (χ4v) is 1.55. The number of hydrogen-bond donors (Lipinski definition) is 2. The molecule has 0 radical (unpaired) electrons. The van der Waals surface area contributed by atoms with Crippen LogP contribution in [0.1, 0.15) is 6.42 Å². The molecule has 0 fully saturated rings. The molecule has 16 heavy (non-hydrogen) atoms. The number of nitrogens with one attached hydrogen (secondary N) is 1. The maximum Gasteiger partial charge on any atom is 0.226 e. The van der Waals surface area contributed by atoms with Gasteiger partial charge in [0.05, 0.1) is 6.33 Å². The topological polar surface area (TPSA) is 75.9 Å². The Morgan fingerprint density at radius 1 is 1.50 bits per heavy atom. The lowest BCUT2D eigenvalue weighted by molar-refractivity contribution is 0.292. The van der Waals surface area contributed by atoms with Gasteiger partial charge in [-0.3, -0.25) is 0 Å². The summed E-state index contributed by atoms with van der Waals surface area (Å²) in [5.74, 6) is 0.601. The maximum atomic E-state index is 8.70. The summed E-state index contributed by atoms with van der Waals surface area (Å²) < 4.78 is 1.78. The average Bonchev–Trinajstić information content (AvgIpc) is 2.61. The van der Waals surface area contributed by atoms with Crippen molar-refractivity contribution in [2.45, 2.75) is 6.42 Å². The molecule has 2 rings (SSSR count). The van der Waals surface area contributed by atoms with Crippen molar-refractivity contribution in [3.8, 4) is 0 Å². The minimum absolute atomic E-state index is 0.136. The second-order valence-electron chi connectivity index (χ2n) is 3.37. The molecule has 86 valence electrons. The molecule has 0 aliphatic heterocycles.